The molecule has 1 heterocycles. The lowest BCUT2D eigenvalue weighted by Crippen LogP contribution is -2.45. The van der Waals surface area contributed by atoms with Crippen molar-refractivity contribution in [1.29, 1.82) is 0 Å². The Morgan fingerprint density at radius 3 is 2.41 bits per heavy atom. The van der Waals surface area contributed by atoms with Gasteiger partial charge in [0.15, 0.2) is 0 Å². The van der Waals surface area contributed by atoms with Gasteiger partial charge in [0.1, 0.15) is 17.8 Å². The molecule has 0 radical (unpaired) electrons. The molecule has 0 aliphatic carbocycles. The minimum absolute atomic E-state index is 0.304. The molecule has 0 bridgehead atoms. The molecule has 2 aromatic rings. The van der Waals surface area contributed by atoms with Crippen LogP contribution in [0.5, 0.6) is 5.75 Å². The van der Waals surface area contributed by atoms with Crippen LogP contribution < -0.4 is 15.4 Å². The van der Waals surface area contributed by atoms with Gasteiger partial charge in [-0.1, -0.05) is 49.4 Å². The Hall–Kier alpha value is -3.35. The van der Waals surface area contributed by atoms with Crippen LogP contribution >= 0.6 is 0 Å². The van der Waals surface area contributed by atoms with E-state index < -0.39 is 17.5 Å². The van der Waals surface area contributed by atoms with Crippen molar-refractivity contribution in [3.63, 3.8) is 0 Å². The number of ether oxygens (including phenoxy) is 1. The van der Waals surface area contributed by atoms with Gasteiger partial charge in [-0.3, -0.25) is 14.5 Å². The van der Waals surface area contributed by atoms with Crippen LogP contribution in [0.25, 0.3) is 0 Å². The number of nitrogens with zero attached hydrogens (tertiary/aromatic N) is 1. The Labute approximate surface area is 170 Å². The molecule has 1 fully saturated rings. The zero-order valence-corrected chi connectivity index (χ0v) is 16.6. The van der Waals surface area contributed by atoms with E-state index in [-0.39, 0.29) is 12.5 Å². The summed E-state index contributed by atoms with van der Waals surface area (Å²) in [5.41, 5.74) is 0.639. The first-order valence-electron chi connectivity index (χ1n) is 9.59. The molecule has 1 aliphatic rings. The molecule has 0 spiro atoms. The molecule has 2 aromatic carbocycles. The van der Waals surface area contributed by atoms with E-state index in [4.69, 9.17) is 4.74 Å². The summed E-state index contributed by atoms with van der Waals surface area (Å²) in [6.07, 6.45) is 1.04. The van der Waals surface area contributed by atoms with Crippen molar-refractivity contribution >= 4 is 17.8 Å². The monoisotopic (exact) mass is 395 g/mol. The van der Waals surface area contributed by atoms with Crippen LogP contribution in [0.2, 0.25) is 0 Å². The fraction of sp³-hybridized carbons (Fsp3) is 0.318. The molecular weight excluding hydrogens is 370 g/mol. The van der Waals surface area contributed by atoms with E-state index in [0.717, 1.165) is 16.2 Å². The van der Waals surface area contributed by atoms with Gasteiger partial charge in [0.05, 0.1) is 7.11 Å². The standard InChI is InChI=1S/C22H25N3O4/c1-3-22(17-7-5-4-6-8-17)20(27)25(21(28)24-22)15-19(26)23-14-13-16-9-11-18(29-2)12-10-16/h4-12H,3,13-15H2,1-2H3,(H,23,26)(H,24,28)/t22-/m0/s1. The first-order chi connectivity index (χ1) is 14.0. The van der Waals surface area contributed by atoms with Crippen molar-refractivity contribution in [1.82, 2.24) is 15.5 Å². The van der Waals surface area contributed by atoms with Crippen molar-refractivity contribution in [3.8, 4) is 5.75 Å². The summed E-state index contributed by atoms with van der Waals surface area (Å²) in [5, 5.41) is 5.55. The largest absolute Gasteiger partial charge is 0.497 e. The molecule has 0 unspecified atom stereocenters. The predicted molar refractivity (Wildman–Crippen MR) is 108 cm³/mol. The van der Waals surface area contributed by atoms with Gasteiger partial charge in [-0.05, 0) is 36.1 Å². The van der Waals surface area contributed by atoms with Gasteiger partial charge in [-0.25, -0.2) is 4.79 Å². The van der Waals surface area contributed by atoms with E-state index >= 15 is 0 Å². The lowest BCUT2D eigenvalue weighted by atomic mass is 9.87. The van der Waals surface area contributed by atoms with Crippen LogP contribution in [0.1, 0.15) is 24.5 Å². The van der Waals surface area contributed by atoms with E-state index in [0.29, 0.717) is 24.9 Å². The number of methoxy groups -OCH3 is 1. The Kier molecular flexibility index (Phi) is 6.16. The van der Waals surface area contributed by atoms with Crippen LogP contribution in [0.4, 0.5) is 4.79 Å². The van der Waals surface area contributed by atoms with E-state index in [1.807, 2.05) is 49.4 Å². The molecule has 1 aliphatic heterocycles. The van der Waals surface area contributed by atoms with Crippen molar-refractivity contribution in [2.75, 3.05) is 20.2 Å². The lowest BCUT2D eigenvalue weighted by molar-refractivity contribution is -0.135. The third-order valence-electron chi connectivity index (χ3n) is 5.17. The van der Waals surface area contributed by atoms with Crippen molar-refractivity contribution in [2.24, 2.45) is 0 Å². The SMILES string of the molecule is CC[C@@]1(c2ccccc2)NC(=O)N(CC(=O)NCCc2ccc(OC)cc2)C1=O. The summed E-state index contributed by atoms with van der Waals surface area (Å²) in [5.74, 6) is -0.00218. The molecule has 0 aromatic heterocycles. The number of benzene rings is 2. The zero-order chi connectivity index (χ0) is 20.9. The summed E-state index contributed by atoms with van der Waals surface area (Å²) < 4.78 is 5.12. The highest BCUT2D eigenvalue weighted by atomic mass is 16.5. The highest BCUT2D eigenvalue weighted by molar-refractivity contribution is 6.09. The van der Waals surface area contributed by atoms with E-state index in [1.54, 1.807) is 19.2 Å². The molecule has 3 rings (SSSR count). The summed E-state index contributed by atoms with van der Waals surface area (Å²) in [7, 11) is 1.61. The van der Waals surface area contributed by atoms with Crippen molar-refractivity contribution in [3.05, 3.63) is 65.7 Å². The number of imide groups is 1. The molecule has 7 heteroatoms. The minimum Gasteiger partial charge on any atom is -0.497 e. The first-order valence-corrected chi connectivity index (χ1v) is 9.59. The van der Waals surface area contributed by atoms with E-state index in [1.165, 1.54) is 0 Å². The third-order valence-corrected chi connectivity index (χ3v) is 5.17. The molecule has 1 saturated heterocycles. The molecule has 1 atom stereocenters. The van der Waals surface area contributed by atoms with Crippen LogP contribution in [-0.4, -0.2) is 42.9 Å². The quantitative estimate of drug-likeness (QED) is 0.671. The van der Waals surface area contributed by atoms with Crippen molar-refractivity contribution in [2.45, 2.75) is 25.3 Å². The van der Waals surface area contributed by atoms with Crippen LogP contribution in [0.15, 0.2) is 54.6 Å². The number of carbonyl (C=O) groups is 3. The third kappa shape index (κ3) is 4.23. The Balaban J connectivity index is 1.58. The predicted octanol–water partition coefficient (Wildman–Crippen LogP) is 2.21. The van der Waals surface area contributed by atoms with Gasteiger partial charge in [-0.15, -0.1) is 0 Å². The minimum atomic E-state index is -1.12. The van der Waals surface area contributed by atoms with Crippen LogP contribution in [0.3, 0.4) is 0 Å². The summed E-state index contributed by atoms with van der Waals surface area (Å²) >= 11 is 0. The normalized spacial score (nSPS) is 18.5. The fourth-order valence-electron chi connectivity index (χ4n) is 3.47. The Morgan fingerprint density at radius 1 is 1.10 bits per heavy atom. The molecule has 2 N–H and O–H groups in total. The highest BCUT2D eigenvalue weighted by Crippen LogP contribution is 2.32. The lowest BCUT2D eigenvalue weighted by Gasteiger charge is -2.25. The Bertz CT molecular complexity index is 883. The second-order valence-corrected chi connectivity index (χ2v) is 6.89. The maximum absolute atomic E-state index is 13.0. The number of urea groups is 1. The molecule has 7 nitrogen and oxygen atoms in total. The smallest absolute Gasteiger partial charge is 0.325 e. The van der Waals surface area contributed by atoms with Crippen LogP contribution in [0, 0.1) is 0 Å². The highest BCUT2D eigenvalue weighted by Gasteiger charge is 2.51. The topological polar surface area (TPSA) is 87.7 Å². The number of amides is 4. The summed E-state index contributed by atoms with van der Waals surface area (Å²) in [4.78, 5) is 38.7. The van der Waals surface area contributed by atoms with Gasteiger partial charge in [0, 0.05) is 6.54 Å². The summed E-state index contributed by atoms with van der Waals surface area (Å²) in [6.45, 7) is 1.94. The number of hydrogen-bond acceptors (Lipinski definition) is 4. The summed E-state index contributed by atoms with van der Waals surface area (Å²) in [6, 6.07) is 16.1. The number of rotatable bonds is 8. The van der Waals surface area contributed by atoms with Gasteiger partial charge >= 0.3 is 6.03 Å². The molecule has 152 valence electrons. The Morgan fingerprint density at radius 2 is 1.79 bits per heavy atom. The second-order valence-electron chi connectivity index (χ2n) is 6.89. The first kappa shape index (κ1) is 20.4. The van der Waals surface area contributed by atoms with Gasteiger partial charge in [-0.2, -0.15) is 0 Å². The van der Waals surface area contributed by atoms with Gasteiger partial charge < -0.3 is 15.4 Å². The van der Waals surface area contributed by atoms with Gasteiger partial charge in [0.25, 0.3) is 5.91 Å². The molecule has 29 heavy (non-hydrogen) atoms. The van der Waals surface area contributed by atoms with E-state index in [9.17, 15) is 14.4 Å². The maximum Gasteiger partial charge on any atom is 0.325 e. The second kappa shape index (κ2) is 8.77. The average Bonchev–Trinajstić information content (AvgIpc) is 3.00. The number of nitrogens with one attached hydrogen (secondary N) is 2. The average molecular weight is 395 g/mol. The number of carbonyl (C=O) groups excluding carboxylic acids is 3. The fourth-order valence-corrected chi connectivity index (χ4v) is 3.47. The molecule has 4 amide bonds. The molecular formula is C22H25N3O4. The van der Waals surface area contributed by atoms with Crippen molar-refractivity contribution < 1.29 is 19.1 Å². The van der Waals surface area contributed by atoms with E-state index in [2.05, 4.69) is 10.6 Å². The zero-order valence-electron chi connectivity index (χ0n) is 16.6. The van der Waals surface area contributed by atoms with Crippen LogP contribution in [-0.2, 0) is 21.5 Å². The maximum atomic E-state index is 13.0. The number of hydrogen-bond donors (Lipinski definition) is 2. The van der Waals surface area contributed by atoms with Gasteiger partial charge in [0.2, 0.25) is 5.91 Å². The molecule has 0 saturated carbocycles.